The Morgan fingerprint density at radius 3 is 2.13 bits per heavy atom. The molecule has 0 amide bonds. The normalized spacial score (nSPS) is 12.7. The number of allylic oxidation sites excluding steroid dienone is 3. The number of hydrogen-bond donors (Lipinski definition) is 0. The van der Waals surface area contributed by atoms with Gasteiger partial charge in [-0.3, -0.25) is 4.99 Å². The Balaban J connectivity index is 1.92. The highest BCUT2D eigenvalue weighted by Gasteiger charge is 2.10. The zero-order chi connectivity index (χ0) is 22.1. The zero-order valence-electron chi connectivity index (χ0n) is 19.0. The van der Waals surface area contributed by atoms with Gasteiger partial charge in [-0.05, 0) is 100 Å². The van der Waals surface area contributed by atoms with Gasteiger partial charge in [0.2, 0.25) is 0 Å². The van der Waals surface area contributed by atoms with Gasteiger partial charge in [0.15, 0.2) is 0 Å². The van der Waals surface area contributed by atoms with Crippen molar-refractivity contribution >= 4 is 17.9 Å². The molecule has 0 aliphatic heterocycles. The van der Waals surface area contributed by atoms with Gasteiger partial charge in [0.1, 0.15) is 17.1 Å². The smallest absolute Gasteiger partial charge is 0.120 e. The number of benzene rings is 2. The molecule has 0 saturated heterocycles. The van der Waals surface area contributed by atoms with E-state index in [0.717, 1.165) is 33.8 Å². The van der Waals surface area contributed by atoms with Crippen LogP contribution in [0.5, 0.6) is 11.5 Å². The molecule has 0 unspecified atom stereocenters. The summed E-state index contributed by atoms with van der Waals surface area (Å²) in [6, 6.07) is 16.0. The first kappa shape index (κ1) is 23.2. The van der Waals surface area contributed by atoms with Crippen LogP contribution in [0.4, 0.5) is 0 Å². The lowest BCUT2D eigenvalue weighted by molar-refractivity contribution is 0.131. The Morgan fingerprint density at radius 2 is 1.57 bits per heavy atom. The summed E-state index contributed by atoms with van der Waals surface area (Å²) in [4.78, 5) is 4.34. The van der Waals surface area contributed by atoms with Gasteiger partial charge in [0, 0.05) is 12.4 Å². The fourth-order valence-corrected chi connectivity index (χ4v) is 2.67. The molecule has 0 spiro atoms. The highest BCUT2D eigenvalue weighted by molar-refractivity contribution is 5.84. The molecule has 0 saturated carbocycles. The lowest BCUT2D eigenvalue weighted by Gasteiger charge is -2.21. The van der Waals surface area contributed by atoms with E-state index in [1.807, 2.05) is 102 Å². The molecule has 2 aromatic carbocycles. The van der Waals surface area contributed by atoms with E-state index < -0.39 is 0 Å². The van der Waals surface area contributed by atoms with Crippen molar-refractivity contribution in [2.75, 3.05) is 0 Å². The summed E-state index contributed by atoms with van der Waals surface area (Å²) in [6.45, 7) is 16.4. The van der Waals surface area contributed by atoms with Crippen LogP contribution in [0.3, 0.4) is 0 Å². The standard InChI is InChI=1S/C27H33NO2/c1-20(2)29-25-14-10-24(11-15-25)22(4)21(3)16-18-28-19-17-23-8-12-26(13-9-23)30-27(5,6)7/h8-20H,4H2,1-3,5-7H3/b19-17+,21-16-,28-18-. The van der Waals surface area contributed by atoms with Crippen molar-refractivity contribution in [3.63, 3.8) is 0 Å². The van der Waals surface area contributed by atoms with Crippen molar-refractivity contribution in [3.05, 3.63) is 84.1 Å². The van der Waals surface area contributed by atoms with Crippen molar-refractivity contribution in [2.24, 2.45) is 4.99 Å². The maximum atomic E-state index is 5.83. The van der Waals surface area contributed by atoms with Crippen LogP contribution in [0.2, 0.25) is 0 Å². The Kier molecular flexibility index (Phi) is 8.23. The van der Waals surface area contributed by atoms with Gasteiger partial charge < -0.3 is 9.47 Å². The van der Waals surface area contributed by atoms with E-state index in [9.17, 15) is 0 Å². The second-order valence-corrected chi connectivity index (χ2v) is 8.42. The van der Waals surface area contributed by atoms with Crippen LogP contribution < -0.4 is 9.47 Å². The third-order valence-corrected chi connectivity index (χ3v) is 4.12. The average Bonchev–Trinajstić information content (AvgIpc) is 2.67. The second kappa shape index (κ2) is 10.6. The SMILES string of the molecule is C=C(\C(C)=C/C=N\C=C\c1ccc(OC(C)(C)C)cc1)c1ccc(OC(C)C)cc1. The topological polar surface area (TPSA) is 30.8 Å². The van der Waals surface area contributed by atoms with Crippen molar-refractivity contribution in [2.45, 2.75) is 53.2 Å². The van der Waals surface area contributed by atoms with Gasteiger partial charge in [0.05, 0.1) is 6.10 Å². The summed E-state index contributed by atoms with van der Waals surface area (Å²) in [7, 11) is 0. The first-order valence-corrected chi connectivity index (χ1v) is 10.3. The molecule has 0 aliphatic rings. The monoisotopic (exact) mass is 403 g/mol. The predicted molar refractivity (Wildman–Crippen MR) is 129 cm³/mol. The first-order chi connectivity index (χ1) is 14.1. The van der Waals surface area contributed by atoms with Crippen LogP contribution in [0.1, 0.15) is 52.7 Å². The van der Waals surface area contributed by atoms with Gasteiger partial charge in [0.25, 0.3) is 0 Å². The Hall–Kier alpha value is -3.07. The van der Waals surface area contributed by atoms with Crippen molar-refractivity contribution in [1.82, 2.24) is 0 Å². The van der Waals surface area contributed by atoms with Crippen molar-refractivity contribution in [1.29, 1.82) is 0 Å². The molecule has 3 heteroatoms. The summed E-state index contributed by atoms with van der Waals surface area (Å²) >= 11 is 0. The van der Waals surface area contributed by atoms with E-state index in [0.29, 0.717) is 0 Å². The van der Waals surface area contributed by atoms with Crippen molar-refractivity contribution in [3.8, 4) is 11.5 Å². The van der Waals surface area contributed by atoms with E-state index in [1.165, 1.54) is 0 Å². The van der Waals surface area contributed by atoms with Gasteiger partial charge >= 0.3 is 0 Å². The fourth-order valence-electron chi connectivity index (χ4n) is 2.67. The summed E-state index contributed by atoms with van der Waals surface area (Å²) in [5.41, 5.74) is 3.98. The molecule has 30 heavy (non-hydrogen) atoms. The predicted octanol–water partition coefficient (Wildman–Crippen LogP) is 7.35. The van der Waals surface area contributed by atoms with Crippen LogP contribution in [-0.4, -0.2) is 17.9 Å². The molecular formula is C27H33NO2. The number of nitrogens with zero attached hydrogens (tertiary/aromatic N) is 1. The van der Waals surface area contributed by atoms with E-state index in [4.69, 9.17) is 9.47 Å². The molecule has 0 N–H and O–H groups in total. The molecule has 0 atom stereocenters. The molecular weight excluding hydrogens is 370 g/mol. The van der Waals surface area contributed by atoms with Gasteiger partial charge in [-0.25, -0.2) is 0 Å². The van der Waals surface area contributed by atoms with E-state index in [1.54, 1.807) is 12.4 Å². The van der Waals surface area contributed by atoms with Crippen LogP contribution in [0, 0.1) is 0 Å². The van der Waals surface area contributed by atoms with Crippen molar-refractivity contribution < 1.29 is 9.47 Å². The molecule has 0 aromatic heterocycles. The van der Waals surface area contributed by atoms with E-state index in [-0.39, 0.29) is 11.7 Å². The highest BCUT2D eigenvalue weighted by Crippen LogP contribution is 2.23. The molecule has 2 rings (SSSR count). The second-order valence-electron chi connectivity index (χ2n) is 8.42. The van der Waals surface area contributed by atoms with Crippen LogP contribution >= 0.6 is 0 Å². The van der Waals surface area contributed by atoms with Gasteiger partial charge in [-0.2, -0.15) is 0 Å². The number of hydrogen-bond acceptors (Lipinski definition) is 3. The third kappa shape index (κ3) is 8.12. The Bertz CT molecular complexity index is 909. The third-order valence-electron chi connectivity index (χ3n) is 4.12. The maximum absolute atomic E-state index is 5.83. The summed E-state index contributed by atoms with van der Waals surface area (Å²) in [5, 5.41) is 0. The highest BCUT2D eigenvalue weighted by atomic mass is 16.5. The molecule has 2 aromatic rings. The molecule has 0 aliphatic carbocycles. The first-order valence-electron chi connectivity index (χ1n) is 10.3. The minimum Gasteiger partial charge on any atom is -0.491 e. The lowest BCUT2D eigenvalue weighted by Crippen LogP contribution is -2.22. The summed E-state index contributed by atoms with van der Waals surface area (Å²) in [5.74, 6) is 1.73. The molecule has 0 radical (unpaired) electrons. The number of aliphatic imine (C=N–C) groups is 1. The zero-order valence-corrected chi connectivity index (χ0v) is 19.0. The van der Waals surface area contributed by atoms with Gasteiger partial charge in [-0.1, -0.05) is 30.8 Å². The minimum atomic E-state index is -0.195. The molecule has 158 valence electrons. The van der Waals surface area contributed by atoms with Crippen LogP contribution in [-0.2, 0) is 0 Å². The van der Waals surface area contributed by atoms with E-state index >= 15 is 0 Å². The minimum absolute atomic E-state index is 0.166. The quantitative estimate of drug-likeness (QED) is 0.341. The number of ether oxygens (including phenoxy) is 2. The molecule has 0 fully saturated rings. The molecule has 3 nitrogen and oxygen atoms in total. The largest absolute Gasteiger partial charge is 0.491 e. The Morgan fingerprint density at radius 1 is 0.967 bits per heavy atom. The van der Waals surface area contributed by atoms with Crippen LogP contribution in [0.25, 0.3) is 11.6 Å². The van der Waals surface area contributed by atoms with E-state index in [2.05, 4.69) is 11.6 Å². The van der Waals surface area contributed by atoms with Gasteiger partial charge in [-0.15, -0.1) is 0 Å². The molecule has 0 bridgehead atoms. The summed E-state index contributed by atoms with van der Waals surface area (Å²) in [6.07, 6.45) is 7.66. The average molecular weight is 404 g/mol. The number of rotatable bonds is 8. The molecule has 0 heterocycles. The Labute approximate surface area is 181 Å². The maximum Gasteiger partial charge on any atom is 0.120 e. The summed E-state index contributed by atoms with van der Waals surface area (Å²) < 4.78 is 11.5. The fraction of sp³-hybridized carbons (Fsp3) is 0.296. The lowest BCUT2D eigenvalue weighted by atomic mass is 10.0. The van der Waals surface area contributed by atoms with Crippen LogP contribution in [0.15, 0.2) is 78.0 Å².